The second kappa shape index (κ2) is 9.33. The van der Waals surface area contributed by atoms with Crippen LogP contribution >= 0.6 is 0 Å². The highest BCUT2D eigenvalue weighted by Crippen LogP contribution is 2.34. The van der Waals surface area contributed by atoms with Crippen LogP contribution < -0.4 is 15.0 Å². The molecule has 168 valence electrons. The van der Waals surface area contributed by atoms with Crippen LogP contribution in [0.25, 0.3) is 5.57 Å². The molecule has 1 heterocycles. The molecule has 3 aromatic carbocycles. The van der Waals surface area contributed by atoms with Gasteiger partial charge >= 0.3 is 0 Å². The van der Waals surface area contributed by atoms with Crippen molar-refractivity contribution in [2.24, 2.45) is 0 Å². The van der Waals surface area contributed by atoms with Crippen LogP contribution in [0.4, 0.5) is 11.4 Å². The molecular formula is C28H28N2O3. The molecule has 0 unspecified atom stereocenters. The first kappa shape index (κ1) is 22.3. The molecule has 5 heteroatoms. The fraction of sp³-hybridized carbons (Fsp3) is 0.214. The Morgan fingerprint density at radius 3 is 2.03 bits per heavy atom. The van der Waals surface area contributed by atoms with Gasteiger partial charge in [0.1, 0.15) is 11.4 Å². The summed E-state index contributed by atoms with van der Waals surface area (Å²) in [4.78, 5) is 28.4. The number of benzene rings is 3. The van der Waals surface area contributed by atoms with Crippen molar-refractivity contribution < 1.29 is 14.3 Å². The predicted octanol–water partition coefficient (Wildman–Crippen LogP) is 5.66. The van der Waals surface area contributed by atoms with Gasteiger partial charge in [0.25, 0.3) is 11.8 Å². The van der Waals surface area contributed by atoms with E-state index in [4.69, 9.17) is 4.74 Å². The van der Waals surface area contributed by atoms with E-state index < -0.39 is 0 Å². The van der Waals surface area contributed by atoms with E-state index in [1.165, 1.54) is 4.90 Å². The summed E-state index contributed by atoms with van der Waals surface area (Å²) >= 11 is 0. The Hall–Kier alpha value is -3.86. The summed E-state index contributed by atoms with van der Waals surface area (Å²) in [5.41, 5.74) is 5.91. The third-order valence-corrected chi connectivity index (χ3v) is 5.63. The highest BCUT2D eigenvalue weighted by atomic mass is 16.5. The van der Waals surface area contributed by atoms with E-state index in [-0.39, 0.29) is 17.5 Å². The average Bonchev–Trinajstić information content (AvgIpc) is 3.03. The molecule has 1 aliphatic rings. The van der Waals surface area contributed by atoms with Gasteiger partial charge in [-0.25, -0.2) is 4.90 Å². The summed E-state index contributed by atoms with van der Waals surface area (Å²) in [6.45, 7) is 8.55. The first-order chi connectivity index (χ1) is 15.9. The Morgan fingerprint density at radius 2 is 1.45 bits per heavy atom. The minimum atomic E-state index is -0.368. The van der Waals surface area contributed by atoms with Gasteiger partial charge in [-0.1, -0.05) is 37.3 Å². The SMILES string of the molecule is CCOc1ccc(C2=C(Nc3cc(C)cc(C)c3)C(=O)N(c3ccc(CC)cc3)C2=O)cc1. The maximum atomic E-state index is 13.6. The second-order valence-corrected chi connectivity index (χ2v) is 8.17. The van der Waals surface area contributed by atoms with Crippen LogP contribution in [0.15, 0.2) is 72.4 Å². The van der Waals surface area contributed by atoms with Crippen LogP contribution in [0.3, 0.4) is 0 Å². The van der Waals surface area contributed by atoms with Gasteiger partial charge in [0.15, 0.2) is 0 Å². The summed E-state index contributed by atoms with van der Waals surface area (Å²) in [5.74, 6) is 0.00188. The number of nitrogens with zero attached hydrogens (tertiary/aromatic N) is 1. The number of imide groups is 1. The molecule has 0 atom stereocenters. The Bertz CT molecular complexity index is 1200. The van der Waals surface area contributed by atoms with E-state index in [0.29, 0.717) is 23.4 Å². The van der Waals surface area contributed by atoms with Crippen LogP contribution in [0.1, 0.15) is 36.1 Å². The molecular weight excluding hydrogens is 412 g/mol. The summed E-state index contributed by atoms with van der Waals surface area (Å²) in [5, 5.41) is 3.25. The third kappa shape index (κ3) is 4.53. The van der Waals surface area contributed by atoms with E-state index in [1.54, 1.807) is 0 Å². The van der Waals surface area contributed by atoms with Crippen molar-refractivity contribution in [3.8, 4) is 5.75 Å². The lowest BCUT2D eigenvalue weighted by Crippen LogP contribution is -2.32. The molecule has 1 N–H and O–H groups in total. The quantitative estimate of drug-likeness (QED) is 0.482. The number of carbonyl (C=O) groups is 2. The molecule has 0 spiro atoms. The average molecular weight is 441 g/mol. The van der Waals surface area contributed by atoms with Crippen molar-refractivity contribution in [1.82, 2.24) is 0 Å². The number of nitrogens with one attached hydrogen (secondary N) is 1. The lowest BCUT2D eigenvalue weighted by Gasteiger charge is -2.16. The summed E-state index contributed by atoms with van der Waals surface area (Å²) < 4.78 is 5.54. The minimum absolute atomic E-state index is 0.272. The van der Waals surface area contributed by atoms with Gasteiger partial charge in [-0.15, -0.1) is 0 Å². The highest BCUT2D eigenvalue weighted by Gasteiger charge is 2.40. The zero-order valence-electron chi connectivity index (χ0n) is 19.4. The number of carbonyl (C=O) groups excluding carboxylic acids is 2. The third-order valence-electron chi connectivity index (χ3n) is 5.63. The van der Waals surface area contributed by atoms with Crippen molar-refractivity contribution in [1.29, 1.82) is 0 Å². The number of hydrogen-bond donors (Lipinski definition) is 1. The molecule has 1 aliphatic heterocycles. The zero-order chi connectivity index (χ0) is 23.5. The van der Waals surface area contributed by atoms with E-state index >= 15 is 0 Å². The maximum absolute atomic E-state index is 13.6. The van der Waals surface area contributed by atoms with E-state index in [2.05, 4.69) is 18.3 Å². The first-order valence-corrected chi connectivity index (χ1v) is 11.2. The first-order valence-electron chi connectivity index (χ1n) is 11.2. The lowest BCUT2D eigenvalue weighted by atomic mass is 10.0. The number of aryl methyl sites for hydroxylation is 3. The largest absolute Gasteiger partial charge is 0.494 e. The van der Waals surface area contributed by atoms with Gasteiger partial charge in [-0.2, -0.15) is 0 Å². The molecule has 5 nitrogen and oxygen atoms in total. The molecule has 2 amide bonds. The summed E-state index contributed by atoms with van der Waals surface area (Å²) in [7, 11) is 0. The monoisotopic (exact) mass is 440 g/mol. The smallest absolute Gasteiger partial charge is 0.282 e. The molecule has 3 aromatic rings. The fourth-order valence-corrected chi connectivity index (χ4v) is 4.10. The van der Waals surface area contributed by atoms with Gasteiger partial charge < -0.3 is 10.1 Å². The van der Waals surface area contributed by atoms with Gasteiger partial charge in [-0.3, -0.25) is 9.59 Å². The Labute approximate surface area is 194 Å². The van der Waals surface area contributed by atoms with Crippen molar-refractivity contribution in [2.75, 3.05) is 16.8 Å². The molecule has 4 rings (SSSR count). The van der Waals surface area contributed by atoms with Gasteiger partial charge in [0.05, 0.1) is 17.9 Å². The highest BCUT2D eigenvalue weighted by molar-refractivity contribution is 6.46. The number of ether oxygens (including phenoxy) is 1. The van der Waals surface area contributed by atoms with E-state index in [9.17, 15) is 9.59 Å². The van der Waals surface area contributed by atoms with Crippen LogP contribution in [-0.2, 0) is 16.0 Å². The van der Waals surface area contributed by atoms with Gasteiger partial charge in [-0.05, 0) is 85.8 Å². The molecule has 0 aromatic heterocycles. The Balaban J connectivity index is 1.79. The number of rotatable bonds is 7. The predicted molar refractivity (Wildman–Crippen MR) is 132 cm³/mol. The molecule has 33 heavy (non-hydrogen) atoms. The number of anilines is 2. The number of hydrogen-bond acceptors (Lipinski definition) is 4. The maximum Gasteiger partial charge on any atom is 0.282 e. The lowest BCUT2D eigenvalue weighted by molar-refractivity contribution is -0.120. The molecule has 0 radical (unpaired) electrons. The summed E-state index contributed by atoms with van der Waals surface area (Å²) in [6.07, 6.45) is 0.886. The van der Waals surface area contributed by atoms with Gasteiger partial charge in [0, 0.05) is 5.69 Å². The minimum Gasteiger partial charge on any atom is -0.494 e. The van der Waals surface area contributed by atoms with Crippen molar-refractivity contribution in [2.45, 2.75) is 34.1 Å². The normalized spacial score (nSPS) is 13.6. The molecule has 0 bridgehead atoms. The van der Waals surface area contributed by atoms with Crippen LogP contribution in [0.2, 0.25) is 0 Å². The van der Waals surface area contributed by atoms with Crippen LogP contribution in [0, 0.1) is 13.8 Å². The number of amides is 2. The van der Waals surface area contributed by atoms with Crippen LogP contribution in [-0.4, -0.2) is 18.4 Å². The molecule has 0 saturated carbocycles. The molecule has 0 saturated heterocycles. The van der Waals surface area contributed by atoms with E-state index in [0.717, 1.165) is 34.5 Å². The zero-order valence-corrected chi connectivity index (χ0v) is 19.4. The molecule has 0 fully saturated rings. The van der Waals surface area contributed by atoms with Crippen molar-refractivity contribution in [3.05, 3.63) is 94.7 Å². The van der Waals surface area contributed by atoms with Crippen LogP contribution in [0.5, 0.6) is 5.75 Å². The van der Waals surface area contributed by atoms with Crippen molar-refractivity contribution in [3.63, 3.8) is 0 Å². The summed E-state index contributed by atoms with van der Waals surface area (Å²) in [6, 6.07) is 20.8. The second-order valence-electron chi connectivity index (χ2n) is 8.17. The topological polar surface area (TPSA) is 58.6 Å². The fourth-order valence-electron chi connectivity index (χ4n) is 4.10. The van der Waals surface area contributed by atoms with Gasteiger partial charge in [0.2, 0.25) is 0 Å². The Morgan fingerprint density at radius 1 is 0.818 bits per heavy atom. The van der Waals surface area contributed by atoms with Crippen molar-refractivity contribution >= 4 is 28.8 Å². The standard InChI is InChI=1S/C28H28N2O3/c1-5-20-7-11-23(12-8-20)30-27(31)25(21-9-13-24(14-10-21)33-6-2)26(28(30)32)29-22-16-18(3)15-19(4)17-22/h7-17,29H,5-6H2,1-4H3. The van der Waals surface area contributed by atoms with E-state index in [1.807, 2.05) is 81.4 Å². The Kier molecular flexibility index (Phi) is 6.31. The molecule has 0 aliphatic carbocycles.